The van der Waals surface area contributed by atoms with Crippen LogP contribution in [0.15, 0.2) is 6.20 Å². The molecule has 1 fully saturated rings. The van der Waals surface area contributed by atoms with Crippen LogP contribution in [0.3, 0.4) is 0 Å². The number of aromatic nitrogens is 2. The van der Waals surface area contributed by atoms with Gasteiger partial charge in [-0.1, -0.05) is 0 Å². The number of carbonyl (C=O) groups is 2. The minimum absolute atomic E-state index is 0.0304. The predicted octanol–water partition coefficient (Wildman–Crippen LogP) is 0.457. The molecule has 1 aromatic heterocycles. The number of hydrogen-bond acceptors (Lipinski definition) is 4. The molecule has 0 saturated carbocycles. The summed E-state index contributed by atoms with van der Waals surface area (Å²) < 4.78 is 1.80. The maximum Gasteiger partial charge on any atom is 0.317 e. The van der Waals surface area contributed by atoms with Gasteiger partial charge in [-0.2, -0.15) is 5.10 Å². The summed E-state index contributed by atoms with van der Waals surface area (Å²) >= 11 is 0. The van der Waals surface area contributed by atoms with Gasteiger partial charge < -0.3 is 20.9 Å². The molecule has 0 radical (unpaired) electrons. The maximum absolute atomic E-state index is 12.2. The van der Waals surface area contributed by atoms with Crippen molar-refractivity contribution in [1.29, 1.82) is 0 Å². The van der Waals surface area contributed by atoms with Gasteiger partial charge in [-0.15, -0.1) is 0 Å². The number of nitrogens with zero attached hydrogens (tertiary/aromatic N) is 4. The lowest BCUT2D eigenvalue weighted by atomic mass is 9.97. The van der Waals surface area contributed by atoms with Crippen LogP contribution in [0.2, 0.25) is 0 Å². The van der Waals surface area contributed by atoms with Gasteiger partial charge in [0.15, 0.2) is 0 Å². The maximum atomic E-state index is 12.2. The standard InChI is InChI=1S/C17H30N6O2/c1-13-15(10-20-22(13)3)11-21(2)17(25)19-7-5-9-23-8-4-6-14(12-23)16(18)24/h10,14H,4-9,11-12H2,1-3H3,(H2,18,24)(H,19,25)/t14-/m1/s1. The highest BCUT2D eigenvalue weighted by Crippen LogP contribution is 2.15. The van der Waals surface area contributed by atoms with Crippen LogP contribution >= 0.6 is 0 Å². The lowest BCUT2D eigenvalue weighted by molar-refractivity contribution is -0.123. The quantitative estimate of drug-likeness (QED) is 0.698. The molecule has 2 heterocycles. The van der Waals surface area contributed by atoms with Gasteiger partial charge in [-0.25, -0.2) is 4.79 Å². The zero-order chi connectivity index (χ0) is 18.4. The molecule has 1 atom stereocenters. The van der Waals surface area contributed by atoms with Gasteiger partial charge >= 0.3 is 6.03 Å². The number of nitrogens with two attached hydrogens (primary N) is 1. The summed E-state index contributed by atoms with van der Waals surface area (Å²) in [7, 11) is 3.67. The van der Waals surface area contributed by atoms with Gasteiger partial charge in [0.1, 0.15) is 0 Å². The van der Waals surface area contributed by atoms with Gasteiger partial charge in [0.05, 0.1) is 18.7 Å². The first-order chi connectivity index (χ1) is 11.9. The molecule has 25 heavy (non-hydrogen) atoms. The molecule has 0 unspecified atom stereocenters. The van der Waals surface area contributed by atoms with Gasteiger partial charge in [0.25, 0.3) is 0 Å². The van der Waals surface area contributed by atoms with Crippen LogP contribution in [0.4, 0.5) is 4.79 Å². The van der Waals surface area contributed by atoms with Crippen molar-refractivity contribution in [2.24, 2.45) is 18.7 Å². The average Bonchev–Trinajstić information content (AvgIpc) is 2.90. The number of hydrogen-bond donors (Lipinski definition) is 2. The molecular weight excluding hydrogens is 320 g/mol. The Morgan fingerprint density at radius 3 is 2.88 bits per heavy atom. The summed E-state index contributed by atoms with van der Waals surface area (Å²) in [5, 5.41) is 7.14. The van der Waals surface area contributed by atoms with E-state index in [0.29, 0.717) is 13.1 Å². The second kappa shape index (κ2) is 8.84. The number of carbonyl (C=O) groups excluding carboxylic acids is 2. The van der Waals surface area contributed by atoms with E-state index in [9.17, 15) is 9.59 Å². The molecule has 1 aromatic rings. The SMILES string of the molecule is Cc1c(CN(C)C(=O)NCCCN2CCC[C@@H](C(N)=O)C2)cnn1C. The van der Waals surface area contributed by atoms with Crippen LogP contribution < -0.4 is 11.1 Å². The van der Waals surface area contributed by atoms with Crippen molar-refractivity contribution in [3.63, 3.8) is 0 Å². The first-order valence-corrected chi connectivity index (χ1v) is 8.86. The number of aryl methyl sites for hydroxylation is 1. The molecule has 3 amide bonds. The Kier molecular flexibility index (Phi) is 6.81. The third-order valence-electron chi connectivity index (χ3n) is 4.93. The Balaban J connectivity index is 1.66. The summed E-state index contributed by atoms with van der Waals surface area (Å²) in [5.41, 5.74) is 7.51. The number of primary amides is 1. The second-order valence-corrected chi connectivity index (χ2v) is 6.86. The van der Waals surface area contributed by atoms with E-state index in [4.69, 9.17) is 5.73 Å². The van der Waals surface area contributed by atoms with Crippen LogP contribution in [0.25, 0.3) is 0 Å². The molecule has 8 heteroatoms. The molecule has 140 valence electrons. The number of urea groups is 1. The Bertz CT molecular complexity index is 600. The highest BCUT2D eigenvalue weighted by atomic mass is 16.2. The molecule has 8 nitrogen and oxygen atoms in total. The third kappa shape index (κ3) is 5.45. The largest absolute Gasteiger partial charge is 0.369 e. The summed E-state index contributed by atoms with van der Waals surface area (Å²) in [6.07, 6.45) is 4.55. The molecule has 1 saturated heterocycles. The second-order valence-electron chi connectivity index (χ2n) is 6.86. The third-order valence-corrected chi connectivity index (χ3v) is 4.93. The number of likely N-dealkylation sites (tertiary alicyclic amines) is 1. The summed E-state index contributed by atoms with van der Waals surface area (Å²) in [6.45, 7) is 5.76. The van der Waals surface area contributed by atoms with E-state index in [1.807, 2.05) is 14.0 Å². The molecule has 1 aliphatic heterocycles. The molecule has 2 rings (SSSR count). The highest BCUT2D eigenvalue weighted by Gasteiger charge is 2.23. The first-order valence-electron chi connectivity index (χ1n) is 8.86. The topological polar surface area (TPSA) is 96.5 Å². The monoisotopic (exact) mass is 350 g/mol. The van der Waals surface area contributed by atoms with E-state index in [1.165, 1.54) is 0 Å². The van der Waals surface area contributed by atoms with Crippen LogP contribution in [0.5, 0.6) is 0 Å². The van der Waals surface area contributed by atoms with Gasteiger partial charge in [-0.3, -0.25) is 9.48 Å². The normalized spacial score (nSPS) is 18.1. The zero-order valence-electron chi connectivity index (χ0n) is 15.5. The van der Waals surface area contributed by atoms with Crippen LogP contribution in [0, 0.1) is 12.8 Å². The Morgan fingerprint density at radius 2 is 2.24 bits per heavy atom. The lowest BCUT2D eigenvalue weighted by Crippen LogP contribution is -2.42. The van der Waals surface area contributed by atoms with E-state index in [1.54, 1.807) is 22.8 Å². The molecule has 0 aromatic carbocycles. The van der Waals surface area contributed by atoms with Crippen molar-refractivity contribution in [3.8, 4) is 0 Å². The fourth-order valence-corrected chi connectivity index (χ4v) is 3.15. The van der Waals surface area contributed by atoms with Crippen molar-refractivity contribution in [3.05, 3.63) is 17.5 Å². The minimum Gasteiger partial charge on any atom is -0.369 e. The van der Waals surface area contributed by atoms with E-state index < -0.39 is 0 Å². The Labute approximate surface area is 149 Å². The number of rotatable bonds is 7. The highest BCUT2D eigenvalue weighted by molar-refractivity contribution is 5.77. The molecule has 0 spiro atoms. The van der Waals surface area contributed by atoms with Gasteiger partial charge in [0, 0.05) is 38.4 Å². The number of piperidine rings is 1. The van der Waals surface area contributed by atoms with E-state index in [2.05, 4.69) is 15.3 Å². The lowest BCUT2D eigenvalue weighted by Gasteiger charge is -2.31. The van der Waals surface area contributed by atoms with E-state index >= 15 is 0 Å². The number of nitrogens with one attached hydrogen (secondary N) is 1. The summed E-state index contributed by atoms with van der Waals surface area (Å²) in [5.74, 6) is -0.234. The fraction of sp³-hybridized carbons (Fsp3) is 0.706. The van der Waals surface area contributed by atoms with Gasteiger partial charge in [-0.05, 0) is 39.3 Å². The molecule has 1 aliphatic rings. The number of amides is 3. The molecule has 0 aliphatic carbocycles. The minimum atomic E-state index is -0.203. The van der Waals surface area contributed by atoms with Crippen molar-refractivity contribution in [2.75, 3.05) is 33.2 Å². The van der Waals surface area contributed by atoms with Crippen molar-refractivity contribution >= 4 is 11.9 Å². The summed E-state index contributed by atoms with van der Waals surface area (Å²) in [6, 6.07) is -0.0862. The first kappa shape index (κ1) is 19.2. The average molecular weight is 350 g/mol. The van der Waals surface area contributed by atoms with Crippen molar-refractivity contribution in [2.45, 2.75) is 32.7 Å². The Morgan fingerprint density at radius 1 is 1.48 bits per heavy atom. The molecule has 0 bridgehead atoms. The van der Waals surface area contributed by atoms with Gasteiger partial charge in [0.2, 0.25) is 5.91 Å². The smallest absolute Gasteiger partial charge is 0.317 e. The summed E-state index contributed by atoms with van der Waals surface area (Å²) in [4.78, 5) is 27.4. The van der Waals surface area contributed by atoms with Crippen molar-refractivity contribution < 1.29 is 9.59 Å². The molecular formula is C17H30N6O2. The van der Waals surface area contributed by atoms with Crippen LogP contribution in [0.1, 0.15) is 30.5 Å². The molecule has 3 N–H and O–H groups in total. The van der Waals surface area contributed by atoms with E-state index in [0.717, 1.165) is 50.2 Å². The van der Waals surface area contributed by atoms with Crippen molar-refractivity contribution in [1.82, 2.24) is 24.9 Å². The van der Waals surface area contributed by atoms with E-state index in [-0.39, 0.29) is 17.9 Å². The Hall–Kier alpha value is -2.09. The zero-order valence-corrected chi connectivity index (χ0v) is 15.5. The fourth-order valence-electron chi connectivity index (χ4n) is 3.15. The van der Waals surface area contributed by atoms with Crippen LogP contribution in [-0.4, -0.2) is 64.7 Å². The predicted molar refractivity (Wildman–Crippen MR) is 95.8 cm³/mol. The van der Waals surface area contributed by atoms with Crippen LogP contribution in [-0.2, 0) is 18.4 Å².